The molecule has 14 heavy (non-hydrogen) atoms. The van der Waals surface area contributed by atoms with Crippen LogP contribution < -0.4 is 0 Å². The Morgan fingerprint density at radius 3 is 2.50 bits per heavy atom. The van der Waals surface area contributed by atoms with E-state index in [-0.39, 0.29) is 0 Å². The summed E-state index contributed by atoms with van der Waals surface area (Å²) < 4.78 is 0.972. The molecule has 1 rings (SSSR count). The summed E-state index contributed by atoms with van der Waals surface area (Å²) in [7, 11) is 0. The molecule has 0 heterocycles. The molecule has 0 aromatic heterocycles. The van der Waals surface area contributed by atoms with E-state index >= 15 is 0 Å². The Morgan fingerprint density at radius 2 is 2.00 bits per heavy atom. The van der Waals surface area contributed by atoms with Gasteiger partial charge in [-0.1, -0.05) is 33.6 Å². The minimum Gasteiger partial charge on any atom is -0.197 e. The van der Waals surface area contributed by atoms with Crippen LogP contribution in [0.4, 0.5) is 0 Å². The van der Waals surface area contributed by atoms with E-state index < -0.39 is 5.41 Å². The normalized spacial score (nSPS) is 11.1. The standard InChI is InChI=1S/C11H11BrClN/c1-7-4-8(11(2,3)6-14)10(13)5-9(7)12/h4-5H,1-3H3. The summed E-state index contributed by atoms with van der Waals surface area (Å²) in [5.74, 6) is 0. The highest BCUT2D eigenvalue weighted by Gasteiger charge is 2.23. The van der Waals surface area contributed by atoms with Crippen LogP contribution in [0, 0.1) is 18.3 Å². The molecule has 1 aromatic rings. The summed E-state index contributed by atoms with van der Waals surface area (Å²) in [5, 5.41) is 9.65. The lowest BCUT2D eigenvalue weighted by Crippen LogP contribution is -2.14. The van der Waals surface area contributed by atoms with Crippen LogP contribution in [-0.2, 0) is 5.41 Å². The zero-order valence-corrected chi connectivity index (χ0v) is 10.7. The number of hydrogen-bond donors (Lipinski definition) is 0. The third-order valence-electron chi connectivity index (χ3n) is 2.20. The van der Waals surface area contributed by atoms with Crippen molar-refractivity contribution < 1.29 is 0 Å². The average molecular weight is 273 g/mol. The minimum atomic E-state index is -0.539. The smallest absolute Gasteiger partial charge is 0.0780 e. The van der Waals surface area contributed by atoms with Gasteiger partial charge in [0.1, 0.15) is 0 Å². The Labute approximate surface area is 97.8 Å². The fourth-order valence-corrected chi connectivity index (χ4v) is 2.07. The highest BCUT2D eigenvalue weighted by molar-refractivity contribution is 9.10. The third-order valence-corrected chi connectivity index (χ3v) is 3.37. The van der Waals surface area contributed by atoms with Crippen LogP contribution in [0.3, 0.4) is 0 Å². The van der Waals surface area contributed by atoms with Crippen molar-refractivity contribution in [1.29, 1.82) is 5.26 Å². The molecule has 1 aromatic carbocycles. The van der Waals surface area contributed by atoms with E-state index in [2.05, 4.69) is 22.0 Å². The van der Waals surface area contributed by atoms with Gasteiger partial charge in [0.2, 0.25) is 0 Å². The predicted octanol–water partition coefficient (Wildman–Crippen LogP) is 4.21. The van der Waals surface area contributed by atoms with Gasteiger partial charge in [-0.05, 0) is 38.0 Å². The van der Waals surface area contributed by atoms with Crippen LogP contribution in [0.1, 0.15) is 25.0 Å². The highest BCUT2D eigenvalue weighted by atomic mass is 79.9. The fraction of sp³-hybridized carbons (Fsp3) is 0.364. The summed E-state index contributed by atoms with van der Waals surface area (Å²) in [6.07, 6.45) is 0. The average Bonchev–Trinajstić information content (AvgIpc) is 2.11. The maximum absolute atomic E-state index is 9.01. The van der Waals surface area contributed by atoms with E-state index in [1.165, 1.54) is 0 Å². The summed E-state index contributed by atoms with van der Waals surface area (Å²) >= 11 is 9.49. The van der Waals surface area contributed by atoms with E-state index in [9.17, 15) is 0 Å². The molecule has 1 nitrogen and oxygen atoms in total. The predicted molar refractivity (Wildman–Crippen MR) is 62.5 cm³/mol. The van der Waals surface area contributed by atoms with Crippen LogP contribution in [0.2, 0.25) is 5.02 Å². The molecule has 0 amide bonds. The summed E-state index contributed by atoms with van der Waals surface area (Å²) in [6.45, 7) is 5.71. The summed E-state index contributed by atoms with van der Waals surface area (Å²) in [4.78, 5) is 0. The number of hydrogen-bond acceptors (Lipinski definition) is 1. The van der Waals surface area contributed by atoms with Crippen LogP contribution in [0.25, 0.3) is 0 Å². The van der Waals surface area contributed by atoms with Crippen molar-refractivity contribution in [2.45, 2.75) is 26.2 Å². The number of halogens is 2. The van der Waals surface area contributed by atoms with Gasteiger partial charge in [-0.25, -0.2) is 0 Å². The van der Waals surface area contributed by atoms with Crippen molar-refractivity contribution >= 4 is 27.5 Å². The second-order valence-corrected chi connectivity index (χ2v) is 5.08. The van der Waals surface area contributed by atoms with Gasteiger partial charge in [0, 0.05) is 9.50 Å². The molecule has 0 N–H and O–H groups in total. The zero-order valence-electron chi connectivity index (χ0n) is 8.36. The first-order valence-corrected chi connectivity index (χ1v) is 5.43. The van der Waals surface area contributed by atoms with Crippen molar-refractivity contribution in [3.8, 4) is 6.07 Å². The van der Waals surface area contributed by atoms with Crippen LogP contribution in [-0.4, -0.2) is 0 Å². The quantitative estimate of drug-likeness (QED) is 0.751. The van der Waals surface area contributed by atoms with Crippen LogP contribution in [0.5, 0.6) is 0 Å². The van der Waals surface area contributed by atoms with Crippen molar-refractivity contribution in [1.82, 2.24) is 0 Å². The second-order valence-electron chi connectivity index (χ2n) is 3.82. The van der Waals surface area contributed by atoms with E-state index in [0.717, 1.165) is 15.6 Å². The Kier molecular flexibility index (Phi) is 3.24. The SMILES string of the molecule is Cc1cc(C(C)(C)C#N)c(Cl)cc1Br. The van der Waals surface area contributed by atoms with Crippen molar-refractivity contribution in [3.63, 3.8) is 0 Å². The Morgan fingerprint density at radius 1 is 1.43 bits per heavy atom. The number of benzene rings is 1. The Balaban J connectivity index is 3.38. The first kappa shape index (κ1) is 11.6. The third kappa shape index (κ3) is 2.10. The molecule has 0 spiro atoms. The first-order chi connectivity index (χ1) is 6.38. The second kappa shape index (κ2) is 3.92. The maximum Gasteiger partial charge on any atom is 0.0780 e. The van der Waals surface area contributed by atoms with Gasteiger partial charge < -0.3 is 0 Å². The van der Waals surface area contributed by atoms with Gasteiger partial charge in [0.25, 0.3) is 0 Å². The van der Waals surface area contributed by atoms with Crippen molar-refractivity contribution in [2.24, 2.45) is 0 Å². The van der Waals surface area contributed by atoms with Crippen LogP contribution >= 0.6 is 27.5 Å². The number of aryl methyl sites for hydroxylation is 1. The van der Waals surface area contributed by atoms with E-state index in [0.29, 0.717) is 5.02 Å². The summed E-state index contributed by atoms with van der Waals surface area (Å²) in [5.41, 5.74) is 1.43. The van der Waals surface area contributed by atoms with E-state index in [1.54, 1.807) is 0 Å². The van der Waals surface area contributed by atoms with Crippen molar-refractivity contribution in [3.05, 3.63) is 32.8 Å². The molecule has 3 heteroatoms. The fourth-order valence-electron chi connectivity index (χ4n) is 1.20. The summed E-state index contributed by atoms with van der Waals surface area (Å²) in [6, 6.07) is 6.04. The lowest BCUT2D eigenvalue weighted by molar-refractivity contribution is 0.686. The molecule has 0 saturated heterocycles. The molecule has 74 valence electrons. The Hall–Kier alpha value is -0.520. The largest absolute Gasteiger partial charge is 0.197 e. The molecule has 0 atom stereocenters. The molecule has 0 saturated carbocycles. The Bertz CT molecular complexity index is 404. The topological polar surface area (TPSA) is 23.8 Å². The van der Waals surface area contributed by atoms with E-state index in [4.69, 9.17) is 16.9 Å². The molecule has 0 radical (unpaired) electrons. The van der Waals surface area contributed by atoms with Gasteiger partial charge in [-0.15, -0.1) is 0 Å². The van der Waals surface area contributed by atoms with Crippen LogP contribution in [0.15, 0.2) is 16.6 Å². The lowest BCUT2D eigenvalue weighted by atomic mass is 9.85. The minimum absolute atomic E-state index is 0.539. The van der Waals surface area contributed by atoms with Gasteiger partial charge in [-0.3, -0.25) is 0 Å². The van der Waals surface area contributed by atoms with E-state index in [1.807, 2.05) is 32.9 Å². The van der Waals surface area contributed by atoms with Gasteiger partial charge in [0.05, 0.1) is 11.5 Å². The molecule has 0 fully saturated rings. The molecular formula is C11H11BrClN. The van der Waals surface area contributed by atoms with Gasteiger partial charge in [-0.2, -0.15) is 5.26 Å². The molecule has 0 aliphatic rings. The first-order valence-electron chi connectivity index (χ1n) is 4.26. The van der Waals surface area contributed by atoms with Gasteiger partial charge >= 0.3 is 0 Å². The number of nitriles is 1. The van der Waals surface area contributed by atoms with Gasteiger partial charge in [0.15, 0.2) is 0 Å². The number of nitrogens with zero attached hydrogens (tertiary/aromatic N) is 1. The highest BCUT2D eigenvalue weighted by Crippen LogP contribution is 2.33. The van der Waals surface area contributed by atoms with Crippen molar-refractivity contribution in [2.75, 3.05) is 0 Å². The zero-order chi connectivity index (χ0) is 10.9. The lowest BCUT2D eigenvalue weighted by Gasteiger charge is -2.18. The maximum atomic E-state index is 9.01. The molecule has 0 bridgehead atoms. The molecule has 0 unspecified atom stereocenters. The monoisotopic (exact) mass is 271 g/mol. The number of rotatable bonds is 1. The molecular weight excluding hydrogens is 261 g/mol. The molecule has 0 aliphatic carbocycles. The molecule has 0 aliphatic heterocycles.